The van der Waals surface area contributed by atoms with Gasteiger partial charge in [-0.3, -0.25) is 4.99 Å². The summed E-state index contributed by atoms with van der Waals surface area (Å²) in [5.74, 6) is 0.726. The molecule has 1 aliphatic heterocycles. The SMILES string of the molecule is CN=C(NCCN(C)CCCOC)NCc1ccc(S(=O)(=O)N2CCCC2)cc1.I. The summed E-state index contributed by atoms with van der Waals surface area (Å²) in [5, 5.41) is 6.56. The van der Waals surface area contributed by atoms with E-state index < -0.39 is 10.0 Å². The van der Waals surface area contributed by atoms with E-state index in [9.17, 15) is 8.42 Å². The molecule has 1 aliphatic rings. The van der Waals surface area contributed by atoms with E-state index >= 15 is 0 Å². The predicted molar refractivity (Wildman–Crippen MR) is 132 cm³/mol. The Balaban J connectivity index is 0.00000450. The normalized spacial score (nSPS) is 15.3. The van der Waals surface area contributed by atoms with Crippen LogP contribution in [0.1, 0.15) is 24.8 Å². The van der Waals surface area contributed by atoms with Crippen LogP contribution in [0.3, 0.4) is 0 Å². The Hall–Kier alpha value is -0.950. The lowest BCUT2D eigenvalue weighted by Crippen LogP contribution is -2.40. The van der Waals surface area contributed by atoms with Crippen LogP contribution in [0.4, 0.5) is 0 Å². The van der Waals surface area contributed by atoms with Gasteiger partial charge in [0.25, 0.3) is 0 Å². The van der Waals surface area contributed by atoms with Gasteiger partial charge in [0.1, 0.15) is 0 Å². The van der Waals surface area contributed by atoms with Gasteiger partial charge in [-0.1, -0.05) is 12.1 Å². The highest BCUT2D eigenvalue weighted by atomic mass is 127. The van der Waals surface area contributed by atoms with Crippen LogP contribution >= 0.6 is 24.0 Å². The van der Waals surface area contributed by atoms with Crippen LogP contribution in [0.25, 0.3) is 0 Å². The van der Waals surface area contributed by atoms with Crippen LogP contribution in [-0.4, -0.2) is 84.1 Å². The van der Waals surface area contributed by atoms with Gasteiger partial charge in [0.15, 0.2) is 5.96 Å². The summed E-state index contributed by atoms with van der Waals surface area (Å²) in [4.78, 5) is 6.85. The first-order valence-electron chi connectivity index (χ1n) is 10.2. The summed E-state index contributed by atoms with van der Waals surface area (Å²) in [6.07, 6.45) is 2.90. The number of nitrogens with one attached hydrogen (secondary N) is 2. The average Bonchev–Trinajstić information content (AvgIpc) is 3.27. The first-order valence-corrected chi connectivity index (χ1v) is 11.6. The number of guanidine groups is 1. The molecule has 0 saturated carbocycles. The van der Waals surface area contributed by atoms with Gasteiger partial charge in [0, 0.05) is 60.0 Å². The zero-order chi connectivity index (χ0) is 21.1. The fourth-order valence-corrected chi connectivity index (χ4v) is 4.74. The number of rotatable bonds is 11. The highest BCUT2D eigenvalue weighted by Gasteiger charge is 2.26. The van der Waals surface area contributed by atoms with Crippen LogP contribution in [0.15, 0.2) is 34.2 Å². The number of ether oxygens (including phenoxy) is 1. The second kappa shape index (κ2) is 14.2. The molecule has 0 aromatic heterocycles. The summed E-state index contributed by atoms with van der Waals surface area (Å²) in [7, 11) is 2.19. The van der Waals surface area contributed by atoms with Crippen molar-refractivity contribution in [2.75, 3.05) is 60.5 Å². The van der Waals surface area contributed by atoms with Crippen molar-refractivity contribution < 1.29 is 13.2 Å². The van der Waals surface area contributed by atoms with E-state index in [1.54, 1.807) is 30.6 Å². The molecule has 172 valence electrons. The Morgan fingerprint density at radius 2 is 1.83 bits per heavy atom. The third-order valence-corrected chi connectivity index (χ3v) is 6.90. The monoisotopic (exact) mass is 553 g/mol. The Morgan fingerprint density at radius 1 is 1.17 bits per heavy atom. The molecule has 1 fully saturated rings. The van der Waals surface area contributed by atoms with Crippen molar-refractivity contribution in [1.29, 1.82) is 0 Å². The highest BCUT2D eigenvalue weighted by molar-refractivity contribution is 14.0. The molecule has 10 heteroatoms. The minimum atomic E-state index is -3.36. The van der Waals surface area contributed by atoms with E-state index in [1.807, 2.05) is 12.1 Å². The van der Waals surface area contributed by atoms with Gasteiger partial charge in [-0.2, -0.15) is 4.31 Å². The number of aliphatic imine (C=N–C) groups is 1. The first-order chi connectivity index (χ1) is 14.0. The molecule has 0 aliphatic carbocycles. The van der Waals surface area contributed by atoms with Gasteiger partial charge in [-0.15, -0.1) is 24.0 Å². The van der Waals surface area contributed by atoms with E-state index in [2.05, 4.69) is 27.6 Å². The predicted octanol–water partition coefficient (Wildman–Crippen LogP) is 1.72. The van der Waals surface area contributed by atoms with Crippen molar-refractivity contribution >= 4 is 40.0 Å². The number of hydrogen-bond acceptors (Lipinski definition) is 5. The summed E-state index contributed by atoms with van der Waals surface area (Å²) in [6.45, 7) is 5.29. The van der Waals surface area contributed by atoms with Gasteiger partial charge < -0.3 is 20.3 Å². The van der Waals surface area contributed by atoms with E-state index in [-0.39, 0.29) is 24.0 Å². The molecule has 0 spiro atoms. The molecule has 8 nitrogen and oxygen atoms in total. The topological polar surface area (TPSA) is 86.3 Å². The number of hydrogen-bond donors (Lipinski definition) is 2. The summed E-state index contributed by atoms with van der Waals surface area (Å²) >= 11 is 0. The second-order valence-corrected chi connectivity index (χ2v) is 9.20. The summed E-state index contributed by atoms with van der Waals surface area (Å²) in [5.41, 5.74) is 1.00. The highest BCUT2D eigenvalue weighted by Crippen LogP contribution is 2.21. The smallest absolute Gasteiger partial charge is 0.243 e. The van der Waals surface area contributed by atoms with Crippen molar-refractivity contribution in [3.05, 3.63) is 29.8 Å². The lowest BCUT2D eigenvalue weighted by Gasteiger charge is -2.18. The van der Waals surface area contributed by atoms with Crippen molar-refractivity contribution in [1.82, 2.24) is 19.8 Å². The fraction of sp³-hybridized carbons (Fsp3) is 0.650. The fourth-order valence-electron chi connectivity index (χ4n) is 3.22. The molecule has 0 bridgehead atoms. The Labute approximate surface area is 198 Å². The Bertz CT molecular complexity index is 737. The van der Waals surface area contributed by atoms with Gasteiger partial charge in [0.05, 0.1) is 4.90 Å². The van der Waals surface area contributed by atoms with Crippen LogP contribution in [0.2, 0.25) is 0 Å². The Kier molecular flexibility index (Phi) is 12.8. The zero-order valence-corrected chi connectivity index (χ0v) is 21.4. The van der Waals surface area contributed by atoms with E-state index in [0.29, 0.717) is 24.5 Å². The van der Waals surface area contributed by atoms with Crippen molar-refractivity contribution in [2.24, 2.45) is 4.99 Å². The quantitative estimate of drug-likeness (QED) is 0.188. The molecule has 1 aromatic carbocycles. The average molecular weight is 554 g/mol. The second-order valence-electron chi connectivity index (χ2n) is 7.26. The molecule has 30 heavy (non-hydrogen) atoms. The van der Waals surface area contributed by atoms with Crippen LogP contribution in [-0.2, 0) is 21.3 Å². The van der Waals surface area contributed by atoms with Crippen LogP contribution < -0.4 is 10.6 Å². The lowest BCUT2D eigenvalue weighted by molar-refractivity contribution is 0.180. The zero-order valence-electron chi connectivity index (χ0n) is 18.3. The number of nitrogens with zero attached hydrogens (tertiary/aromatic N) is 3. The van der Waals surface area contributed by atoms with Gasteiger partial charge >= 0.3 is 0 Å². The molecule has 1 aromatic rings. The number of sulfonamides is 1. The standard InChI is InChI=1S/C20H35N5O3S.HI/c1-21-20(22-11-15-24(2)12-6-16-28-3)23-17-18-7-9-19(10-8-18)29(26,27)25-13-4-5-14-25;/h7-10H,4-6,11-17H2,1-3H3,(H2,21,22,23);1H. The first kappa shape index (κ1) is 27.1. The molecular weight excluding hydrogens is 517 g/mol. The number of likely N-dealkylation sites (N-methyl/N-ethyl adjacent to an activating group) is 1. The van der Waals surface area contributed by atoms with Gasteiger partial charge in [-0.05, 0) is 44.0 Å². The lowest BCUT2D eigenvalue weighted by atomic mass is 10.2. The summed E-state index contributed by atoms with van der Waals surface area (Å²) in [6, 6.07) is 7.09. The van der Waals surface area contributed by atoms with Gasteiger partial charge in [0.2, 0.25) is 10.0 Å². The minimum absolute atomic E-state index is 0. The Morgan fingerprint density at radius 3 is 2.43 bits per heavy atom. The molecule has 0 amide bonds. The van der Waals surface area contributed by atoms with Crippen LogP contribution in [0.5, 0.6) is 0 Å². The van der Waals surface area contributed by atoms with E-state index in [0.717, 1.165) is 57.0 Å². The van der Waals surface area contributed by atoms with Crippen molar-refractivity contribution in [3.8, 4) is 0 Å². The number of methoxy groups -OCH3 is 1. The largest absolute Gasteiger partial charge is 0.385 e. The van der Waals surface area contributed by atoms with Crippen LogP contribution in [0, 0.1) is 0 Å². The summed E-state index contributed by atoms with van der Waals surface area (Å²) < 4.78 is 31.8. The van der Waals surface area contributed by atoms with Crippen molar-refractivity contribution in [3.63, 3.8) is 0 Å². The van der Waals surface area contributed by atoms with E-state index in [4.69, 9.17) is 4.74 Å². The molecule has 0 unspecified atom stereocenters. The maximum absolute atomic E-state index is 12.6. The molecule has 0 radical (unpaired) electrons. The third-order valence-electron chi connectivity index (χ3n) is 4.98. The van der Waals surface area contributed by atoms with Gasteiger partial charge in [-0.25, -0.2) is 8.42 Å². The molecule has 1 heterocycles. The number of benzene rings is 1. The van der Waals surface area contributed by atoms with Crippen molar-refractivity contribution in [2.45, 2.75) is 30.7 Å². The maximum Gasteiger partial charge on any atom is 0.243 e. The molecule has 2 rings (SSSR count). The molecular formula is C20H36IN5O3S. The molecule has 1 saturated heterocycles. The minimum Gasteiger partial charge on any atom is -0.385 e. The number of halogens is 1. The van der Waals surface area contributed by atoms with E-state index in [1.165, 1.54) is 0 Å². The molecule has 2 N–H and O–H groups in total. The maximum atomic E-state index is 12.6. The molecule has 0 atom stereocenters. The third kappa shape index (κ3) is 8.66.